The van der Waals surface area contributed by atoms with Crippen LogP contribution in [0.15, 0.2) is 30.3 Å². The highest BCUT2D eigenvalue weighted by Gasteiger charge is 2.01. The van der Waals surface area contributed by atoms with Crippen LogP contribution in [0.5, 0.6) is 0 Å². The Kier molecular flexibility index (Phi) is 2.26. The number of pyridine rings is 1. The molecule has 0 aliphatic heterocycles. The Morgan fingerprint density at radius 1 is 1.31 bits per heavy atom. The SMILES string of the molecule is O=Cc1nc2ccccc2cc1I. The van der Waals surface area contributed by atoms with E-state index in [1.54, 1.807) is 0 Å². The van der Waals surface area contributed by atoms with Crippen molar-refractivity contribution < 1.29 is 4.79 Å². The van der Waals surface area contributed by atoms with E-state index in [1.165, 1.54) is 0 Å². The molecule has 0 N–H and O–H groups in total. The van der Waals surface area contributed by atoms with Gasteiger partial charge >= 0.3 is 0 Å². The second-order valence-corrected chi connectivity index (χ2v) is 3.83. The fourth-order valence-corrected chi connectivity index (χ4v) is 1.77. The van der Waals surface area contributed by atoms with Gasteiger partial charge in [-0.05, 0) is 34.7 Å². The molecular formula is C10H6INO. The van der Waals surface area contributed by atoms with Gasteiger partial charge in [-0.2, -0.15) is 0 Å². The van der Waals surface area contributed by atoms with E-state index in [0.29, 0.717) is 5.69 Å². The zero-order valence-corrected chi connectivity index (χ0v) is 8.86. The van der Waals surface area contributed by atoms with Gasteiger partial charge in [-0.1, -0.05) is 18.2 Å². The van der Waals surface area contributed by atoms with E-state index in [0.717, 1.165) is 20.8 Å². The molecule has 0 aliphatic rings. The first kappa shape index (κ1) is 8.62. The number of nitrogens with zero attached hydrogens (tertiary/aromatic N) is 1. The lowest BCUT2D eigenvalue weighted by atomic mass is 10.2. The van der Waals surface area contributed by atoms with Crippen molar-refractivity contribution in [2.24, 2.45) is 0 Å². The molecule has 2 rings (SSSR count). The second kappa shape index (κ2) is 3.41. The summed E-state index contributed by atoms with van der Waals surface area (Å²) in [6, 6.07) is 9.72. The molecule has 0 aliphatic carbocycles. The van der Waals surface area contributed by atoms with Crippen LogP contribution in [-0.4, -0.2) is 11.3 Å². The predicted octanol–water partition coefficient (Wildman–Crippen LogP) is 2.65. The van der Waals surface area contributed by atoms with Crippen molar-refractivity contribution in [1.29, 1.82) is 0 Å². The number of carbonyl (C=O) groups excluding carboxylic acids is 1. The van der Waals surface area contributed by atoms with Crippen LogP contribution in [0.3, 0.4) is 0 Å². The molecule has 1 aromatic heterocycles. The van der Waals surface area contributed by atoms with E-state index in [4.69, 9.17) is 0 Å². The van der Waals surface area contributed by atoms with Crippen molar-refractivity contribution in [2.75, 3.05) is 0 Å². The molecule has 0 radical (unpaired) electrons. The normalized spacial score (nSPS) is 10.2. The highest BCUT2D eigenvalue weighted by molar-refractivity contribution is 14.1. The Labute approximate surface area is 89.1 Å². The Balaban J connectivity index is 2.81. The molecule has 0 saturated carbocycles. The van der Waals surface area contributed by atoms with E-state index in [2.05, 4.69) is 27.6 Å². The molecule has 0 fully saturated rings. The number of hydrogen-bond donors (Lipinski definition) is 0. The van der Waals surface area contributed by atoms with Gasteiger partial charge in [0.1, 0.15) is 5.69 Å². The van der Waals surface area contributed by atoms with Crippen LogP contribution in [0, 0.1) is 3.57 Å². The van der Waals surface area contributed by atoms with Gasteiger partial charge in [-0.25, -0.2) is 4.98 Å². The summed E-state index contributed by atoms with van der Waals surface area (Å²) in [5.74, 6) is 0. The van der Waals surface area contributed by atoms with Gasteiger partial charge < -0.3 is 0 Å². The van der Waals surface area contributed by atoms with Crippen molar-refractivity contribution in [3.8, 4) is 0 Å². The predicted molar refractivity (Wildman–Crippen MR) is 59.8 cm³/mol. The minimum atomic E-state index is 0.513. The number of carbonyl (C=O) groups is 1. The van der Waals surface area contributed by atoms with Crippen LogP contribution >= 0.6 is 22.6 Å². The molecule has 1 heterocycles. The molecule has 3 heteroatoms. The molecule has 64 valence electrons. The van der Waals surface area contributed by atoms with Crippen molar-refractivity contribution in [3.05, 3.63) is 39.6 Å². The molecule has 0 amide bonds. The minimum absolute atomic E-state index is 0.513. The lowest BCUT2D eigenvalue weighted by molar-refractivity contribution is 0.111. The summed E-state index contributed by atoms with van der Waals surface area (Å²) < 4.78 is 0.895. The molecule has 0 bridgehead atoms. The van der Waals surface area contributed by atoms with Crippen molar-refractivity contribution in [3.63, 3.8) is 0 Å². The third-order valence-corrected chi connectivity index (χ3v) is 2.68. The first-order valence-corrected chi connectivity index (χ1v) is 4.89. The topological polar surface area (TPSA) is 30.0 Å². The summed E-state index contributed by atoms with van der Waals surface area (Å²) in [6.07, 6.45) is 0.786. The smallest absolute Gasteiger partial charge is 0.169 e. The summed E-state index contributed by atoms with van der Waals surface area (Å²) in [5.41, 5.74) is 1.38. The molecular weight excluding hydrogens is 277 g/mol. The van der Waals surface area contributed by atoms with Crippen molar-refractivity contribution in [2.45, 2.75) is 0 Å². The lowest BCUT2D eigenvalue weighted by Gasteiger charge is -1.99. The van der Waals surface area contributed by atoms with E-state index in [9.17, 15) is 4.79 Å². The largest absolute Gasteiger partial charge is 0.296 e. The van der Waals surface area contributed by atoms with Crippen LogP contribution in [0.1, 0.15) is 10.5 Å². The summed E-state index contributed by atoms with van der Waals surface area (Å²) in [4.78, 5) is 14.8. The van der Waals surface area contributed by atoms with Gasteiger partial charge in [-0.3, -0.25) is 4.79 Å². The van der Waals surface area contributed by atoms with Crippen LogP contribution in [-0.2, 0) is 0 Å². The van der Waals surface area contributed by atoms with Crippen molar-refractivity contribution in [1.82, 2.24) is 4.98 Å². The Morgan fingerprint density at radius 2 is 2.08 bits per heavy atom. The summed E-state index contributed by atoms with van der Waals surface area (Å²) in [5, 5.41) is 1.07. The highest BCUT2D eigenvalue weighted by Crippen LogP contribution is 2.16. The zero-order valence-electron chi connectivity index (χ0n) is 6.70. The van der Waals surface area contributed by atoms with E-state index in [-0.39, 0.29) is 0 Å². The molecule has 0 unspecified atom stereocenters. The summed E-state index contributed by atoms with van der Waals surface area (Å²) >= 11 is 2.11. The Hall–Kier alpha value is -0.970. The van der Waals surface area contributed by atoms with Crippen molar-refractivity contribution >= 4 is 39.8 Å². The third kappa shape index (κ3) is 1.56. The number of halogens is 1. The lowest BCUT2D eigenvalue weighted by Crippen LogP contribution is -1.91. The number of rotatable bonds is 1. The van der Waals surface area contributed by atoms with Crippen LogP contribution in [0.25, 0.3) is 10.9 Å². The monoisotopic (exact) mass is 283 g/mol. The third-order valence-electron chi connectivity index (χ3n) is 1.82. The number of fused-ring (bicyclic) bond motifs is 1. The van der Waals surface area contributed by atoms with Gasteiger partial charge in [-0.15, -0.1) is 0 Å². The molecule has 0 atom stereocenters. The second-order valence-electron chi connectivity index (χ2n) is 2.67. The van der Waals surface area contributed by atoms with Gasteiger partial charge in [0.2, 0.25) is 0 Å². The zero-order chi connectivity index (χ0) is 9.26. The quantitative estimate of drug-likeness (QED) is 0.595. The molecule has 0 saturated heterocycles. The summed E-state index contributed by atoms with van der Waals surface area (Å²) in [6.45, 7) is 0. The number of para-hydroxylation sites is 1. The first-order valence-electron chi connectivity index (χ1n) is 3.82. The molecule has 13 heavy (non-hydrogen) atoms. The maximum Gasteiger partial charge on any atom is 0.169 e. The molecule has 0 spiro atoms. The first-order chi connectivity index (χ1) is 6.31. The van der Waals surface area contributed by atoms with Gasteiger partial charge in [0, 0.05) is 8.96 Å². The van der Waals surface area contributed by atoms with Gasteiger partial charge in [0.25, 0.3) is 0 Å². The minimum Gasteiger partial charge on any atom is -0.296 e. The molecule has 2 aromatic rings. The number of benzene rings is 1. The van der Waals surface area contributed by atoms with E-state index >= 15 is 0 Å². The number of aldehydes is 1. The molecule has 1 aromatic carbocycles. The maximum atomic E-state index is 10.6. The summed E-state index contributed by atoms with van der Waals surface area (Å²) in [7, 11) is 0. The number of aromatic nitrogens is 1. The van der Waals surface area contributed by atoms with E-state index in [1.807, 2.05) is 30.3 Å². The van der Waals surface area contributed by atoms with Crippen LogP contribution < -0.4 is 0 Å². The van der Waals surface area contributed by atoms with E-state index < -0.39 is 0 Å². The van der Waals surface area contributed by atoms with Crippen LogP contribution in [0.4, 0.5) is 0 Å². The molecule has 2 nitrogen and oxygen atoms in total. The Bertz CT molecular complexity index is 467. The maximum absolute atomic E-state index is 10.6. The fourth-order valence-electron chi connectivity index (χ4n) is 1.19. The van der Waals surface area contributed by atoms with Gasteiger partial charge in [0.15, 0.2) is 6.29 Å². The van der Waals surface area contributed by atoms with Gasteiger partial charge in [0.05, 0.1) is 5.52 Å². The average Bonchev–Trinajstić information content (AvgIpc) is 2.17. The highest BCUT2D eigenvalue weighted by atomic mass is 127. The fraction of sp³-hybridized carbons (Fsp3) is 0. The number of hydrogen-bond acceptors (Lipinski definition) is 2. The Morgan fingerprint density at radius 3 is 2.85 bits per heavy atom. The standard InChI is InChI=1S/C10H6INO/c11-8-5-7-3-1-2-4-9(7)12-10(8)6-13/h1-6H. The average molecular weight is 283 g/mol. The van der Waals surface area contributed by atoms with Crippen LogP contribution in [0.2, 0.25) is 0 Å².